The van der Waals surface area contributed by atoms with E-state index in [1.807, 2.05) is 0 Å². The Bertz CT molecular complexity index is 462. The first-order valence-corrected chi connectivity index (χ1v) is 7.44. The maximum absolute atomic E-state index is 5.22. The minimum Gasteiger partial charge on any atom is -0.497 e. The molecule has 3 rings (SSSR count). The van der Waals surface area contributed by atoms with E-state index in [1.165, 1.54) is 37.7 Å². The summed E-state index contributed by atoms with van der Waals surface area (Å²) in [7, 11) is 1.72. The van der Waals surface area contributed by atoms with Crippen LogP contribution in [0.25, 0.3) is 0 Å². The van der Waals surface area contributed by atoms with Crippen molar-refractivity contribution < 1.29 is 4.74 Å². The molecule has 20 heavy (non-hydrogen) atoms. The van der Waals surface area contributed by atoms with Crippen molar-refractivity contribution in [1.29, 1.82) is 0 Å². The van der Waals surface area contributed by atoms with Gasteiger partial charge in [-0.3, -0.25) is 0 Å². The van der Waals surface area contributed by atoms with Gasteiger partial charge in [0, 0.05) is 6.04 Å². The highest BCUT2D eigenvalue weighted by atomic mass is 35.5. The quantitative estimate of drug-likeness (QED) is 0.854. The van der Waals surface area contributed by atoms with Gasteiger partial charge >= 0.3 is 0 Å². The summed E-state index contributed by atoms with van der Waals surface area (Å²) in [6.07, 6.45) is 7.81. The Morgan fingerprint density at radius 2 is 1.85 bits per heavy atom. The van der Waals surface area contributed by atoms with Crippen molar-refractivity contribution in [3.05, 3.63) is 41.0 Å². The van der Waals surface area contributed by atoms with Gasteiger partial charge in [-0.05, 0) is 62.8 Å². The molecule has 110 valence electrons. The SMILES string of the molecule is COc1ccc(CC2NCCC3=C2CCCC3)cc1.Cl. The zero-order valence-electron chi connectivity index (χ0n) is 12.2. The van der Waals surface area contributed by atoms with Gasteiger partial charge in [0.15, 0.2) is 0 Å². The minimum atomic E-state index is 0. The van der Waals surface area contributed by atoms with Gasteiger partial charge in [-0.15, -0.1) is 12.4 Å². The first-order chi connectivity index (χ1) is 9.36. The zero-order valence-corrected chi connectivity index (χ0v) is 13.0. The monoisotopic (exact) mass is 293 g/mol. The Labute approximate surface area is 128 Å². The molecule has 1 aliphatic carbocycles. The predicted molar refractivity (Wildman–Crippen MR) is 85.8 cm³/mol. The normalized spacial score (nSPS) is 21.9. The summed E-state index contributed by atoms with van der Waals surface area (Å²) in [4.78, 5) is 0. The summed E-state index contributed by atoms with van der Waals surface area (Å²) < 4.78 is 5.22. The lowest BCUT2D eigenvalue weighted by atomic mass is 9.81. The summed E-state index contributed by atoms with van der Waals surface area (Å²) in [5.41, 5.74) is 4.87. The fraction of sp³-hybridized carbons (Fsp3) is 0.529. The number of benzene rings is 1. The molecule has 1 N–H and O–H groups in total. The summed E-state index contributed by atoms with van der Waals surface area (Å²) in [6.45, 7) is 1.15. The predicted octanol–water partition coefficient (Wildman–Crippen LogP) is 3.89. The van der Waals surface area contributed by atoms with Crippen LogP contribution in [0.15, 0.2) is 35.4 Å². The second-order valence-corrected chi connectivity index (χ2v) is 5.64. The van der Waals surface area contributed by atoms with Crippen LogP contribution in [0, 0.1) is 0 Å². The maximum Gasteiger partial charge on any atom is 0.118 e. The van der Waals surface area contributed by atoms with E-state index in [-0.39, 0.29) is 12.4 Å². The third-order valence-corrected chi connectivity index (χ3v) is 4.47. The molecule has 0 saturated carbocycles. The van der Waals surface area contributed by atoms with E-state index in [1.54, 1.807) is 18.3 Å². The molecule has 0 aromatic heterocycles. The number of nitrogens with one attached hydrogen (secondary N) is 1. The van der Waals surface area contributed by atoms with Crippen molar-refractivity contribution in [1.82, 2.24) is 5.32 Å². The number of halogens is 1. The maximum atomic E-state index is 5.22. The second-order valence-electron chi connectivity index (χ2n) is 5.64. The van der Waals surface area contributed by atoms with Crippen LogP contribution in [0.3, 0.4) is 0 Å². The Morgan fingerprint density at radius 3 is 2.60 bits per heavy atom. The van der Waals surface area contributed by atoms with Gasteiger partial charge in [-0.2, -0.15) is 0 Å². The molecule has 0 bridgehead atoms. The van der Waals surface area contributed by atoms with Crippen LogP contribution in [0.1, 0.15) is 37.7 Å². The van der Waals surface area contributed by atoms with Gasteiger partial charge in [-0.1, -0.05) is 23.3 Å². The van der Waals surface area contributed by atoms with Crippen LogP contribution in [-0.2, 0) is 6.42 Å². The van der Waals surface area contributed by atoms with Gasteiger partial charge in [0.1, 0.15) is 5.75 Å². The smallest absolute Gasteiger partial charge is 0.118 e. The Kier molecular flexibility index (Phi) is 5.50. The summed E-state index contributed by atoms with van der Waals surface area (Å²) in [6, 6.07) is 9.08. The number of methoxy groups -OCH3 is 1. The van der Waals surface area contributed by atoms with E-state index in [0.29, 0.717) is 6.04 Å². The third kappa shape index (κ3) is 3.36. The molecule has 1 heterocycles. The Balaban J connectivity index is 0.00000147. The average molecular weight is 294 g/mol. The zero-order chi connectivity index (χ0) is 13.1. The fourth-order valence-corrected chi connectivity index (χ4v) is 3.41. The molecule has 0 radical (unpaired) electrons. The molecule has 2 nitrogen and oxygen atoms in total. The highest BCUT2D eigenvalue weighted by Crippen LogP contribution is 2.32. The fourth-order valence-electron chi connectivity index (χ4n) is 3.41. The van der Waals surface area contributed by atoms with Crippen molar-refractivity contribution in [3.63, 3.8) is 0 Å². The van der Waals surface area contributed by atoms with Gasteiger partial charge in [0.2, 0.25) is 0 Å². The van der Waals surface area contributed by atoms with E-state index in [0.717, 1.165) is 18.7 Å². The first-order valence-electron chi connectivity index (χ1n) is 7.44. The van der Waals surface area contributed by atoms with Crippen molar-refractivity contribution in [2.75, 3.05) is 13.7 Å². The summed E-state index contributed by atoms with van der Waals surface area (Å²) in [5, 5.41) is 3.71. The molecule has 3 heteroatoms. The van der Waals surface area contributed by atoms with Crippen LogP contribution in [0.4, 0.5) is 0 Å². The van der Waals surface area contributed by atoms with Crippen LogP contribution < -0.4 is 10.1 Å². The highest BCUT2D eigenvalue weighted by Gasteiger charge is 2.24. The molecule has 0 spiro atoms. The second kappa shape index (κ2) is 7.14. The molecular formula is C17H24ClNO. The van der Waals surface area contributed by atoms with E-state index in [9.17, 15) is 0 Å². The van der Waals surface area contributed by atoms with Crippen molar-refractivity contribution >= 4 is 12.4 Å². The highest BCUT2D eigenvalue weighted by molar-refractivity contribution is 5.85. The van der Waals surface area contributed by atoms with Gasteiger partial charge in [0.25, 0.3) is 0 Å². The summed E-state index contributed by atoms with van der Waals surface area (Å²) >= 11 is 0. The van der Waals surface area contributed by atoms with E-state index >= 15 is 0 Å². The van der Waals surface area contributed by atoms with Gasteiger partial charge < -0.3 is 10.1 Å². The minimum absolute atomic E-state index is 0. The van der Waals surface area contributed by atoms with Crippen LogP contribution in [-0.4, -0.2) is 19.7 Å². The molecule has 0 saturated heterocycles. The standard InChI is InChI=1S/C17H23NO.ClH/c1-19-15-8-6-13(7-9-15)12-17-16-5-3-2-4-14(16)10-11-18-17;/h6-9,17-18H,2-5,10-12H2,1H3;1H. The number of rotatable bonds is 3. The lowest BCUT2D eigenvalue weighted by molar-refractivity contribution is 0.414. The molecular weight excluding hydrogens is 270 g/mol. The topological polar surface area (TPSA) is 21.3 Å². The molecule has 0 amide bonds. The van der Waals surface area contributed by atoms with Crippen LogP contribution >= 0.6 is 12.4 Å². The lowest BCUT2D eigenvalue weighted by Gasteiger charge is -2.33. The molecule has 0 fully saturated rings. The van der Waals surface area contributed by atoms with Crippen molar-refractivity contribution in [3.8, 4) is 5.75 Å². The number of hydrogen-bond donors (Lipinski definition) is 1. The van der Waals surface area contributed by atoms with Gasteiger partial charge in [-0.25, -0.2) is 0 Å². The Morgan fingerprint density at radius 1 is 1.10 bits per heavy atom. The van der Waals surface area contributed by atoms with Gasteiger partial charge in [0.05, 0.1) is 7.11 Å². The van der Waals surface area contributed by atoms with E-state index in [2.05, 4.69) is 29.6 Å². The van der Waals surface area contributed by atoms with Crippen LogP contribution in [0.5, 0.6) is 5.75 Å². The van der Waals surface area contributed by atoms with E-state index < -0.39 is 0 Å². The van der Waals surface area contributed by atoms with Crippen molar-refractivity contribution in [2.24, 2.45) is 0 Å². The number of hydrogen-bond acceptors (Lipinski definition) is 2. The van der Waals surface area contributed by atoms with E-state index in [4.69, 9.17) is 4.74 Å². The summed E-state index contributed by atoms with van der Waals surface area (Å²) in [5.74, 6) is 0.943. The molecule has 1 atom stereocenters. The number of ether oxygens (including phenoxy) is 1. The molecule has 1 unspecified atom stereocenters. The first kappa shape index (κ1) is 15.4. The largest absolute Gasteiger partial charge is 0.497 e. The molecule has 2 aliphatic rings. The molecule has 1 aliphatic heterocycles. The average Bonchev–Trinajstić information content (AvgIpc) is 2.48. The third-order valence-electron chi connectivity index (χ3n) is 4.47. The lowest BCUT2D eigenvalue weighted by Crippen LogP contribution is -2.39. The van der Waals surface area contributed by atoms with Crippen molar-refractivity contribution in [2.45, 2.75) is 44.6 Å². The molecule has 1 aromatic rings. The van der Waals surface area contributed by atoms with Crippen LogP contribution in [0.2, 0.25) is 0 Å². The molecule has 1 aromatic carbocycles. The Hall–Kier alpha value is -0.990.